The molecule has 2 N–H and O–H groups in total. The van der Waals surface area contributed by atoms with Crippen molar-refractivity contribution in [3.8, 4) is 5.88 Å². The lowest BCUT2D eigenvalue weighted by Gasteiger charge is -2.10. The number of nitrogens with zero attached hydrogens (tertiary/aromatic N) is 3. The van der Waals surface area contributed by atoms with Gasteiger partial charge in [0.2, 0.25) is 11.8 Å². The van der Waals surface area contributed by atoms with Crippen LogP contribution >= 0.6 is 24.0 Å². The molecule has 0 aromatic carbocycles. The topological polar surface area (TPSA) is 84.6 Å². The monoisotopic (exact) mass is 473 g/mol. The van der Waals surface area contributed by atoms with E-state index in [2.05, 4.69) is 25.6 Å². The number of pyridine rings is 1. The highest BCUT2D eigenvalue weighted by molar-refractivity contribution is 14.0. The largest absolute Gasteiger partial charge is 0.475 e. The summed E-state index contributed by atoms with van der Waals surface area (Å²) in [5, 5.41) is 6.43. The molecule has 0 aliphatic rings. The molecule has 0 unspecified atom stereocenters. The number of oxazole rings is 1. The van der Waals surface area contributed by atoms with E-state index in [1.165, 1.54) is 0 Å². The maximum Gasteiger partial charge on any atom is 0.214 e. The van der Waals surface area contributed by atoms with Gasteiger partial charge in [-0.05, 0) is 40.2 Å². The summed E-state index contributed by atoms with van der Waals surface area (Å²) >= 11 is 0. The Bertz CT molecular complexity index is 679. The minimum absolute atomic E-state index is 0. The van der Waals surface area contributed by atoms with Crippen molar-refractivity contribution in [1.29, 1.82) is 0 Å². The molecule has 0 radical (unpaired) electrons. The number of aromatic nitrogens is 2. The van der Waals surface area contributed by atoms with Crippen LogP contribution in [0, 0.1) is 13.8 Å². The SMILES string of the molecule is CCNC(=NCc1ccc(OC(C)C)nc1)NCc1nc(C)c(C)o1.I. The van der Waals surface area contributed by atoms with E-state index in [0.717, 1.165) is 23.6 Å². The molecule has 7 nitrogen and oxygen atoms in total. The van der Waals surface area contributed by atoms with E-state index in [4.69, 9.17) is 9.15 Å². The van der Waals surface area contributed by atoms with Gasteiger partial charge < -0.3 is 19.8 Å². The van der Waals surface area contributed by atoms with Crippen molar-refractivity contribution in [2.75, 3.05) is 6.54 Å². The summed E-state index contributed by atoms with van der Waals surface area (Å²) in [5.41, 5.74) is 1.92. The molecular weight excluding hydrogens is 445 g/mol. The average Bonchev–Trinajstić information content (AvgIpc) is 2.89. The first-order valence-electron chi connectivity index (χ1n) is 8.54. The molecule has 0 amide bonds. The van der Waals surface area contributed by atoms with Crippen molar-refractivity contribution in [2.45, 2.75) is 53.8 Å². The highest BCUT2D eigenvalue weighted by Gasteiger charge is 2.06. The second-order valence-corrected chi connectivity index (χ2v) is 5.97. The Morgan fingerprint density at radius 2 is 2.04 bits per heavy atom. The van der Waals surface area contributed by atoms with Crippen molar-refractivity contribution in [2.24, 2.45) is 4.99 Å². The molecule has 26 heavy (non-hydrogen) atoms. The average molecular weight is 473 g/mol. The summed E-state index contributed by atoms with van der Waals surface area (Å²) in [6, 6.07) is 3.84. The fourth-order valence-corrected chi connectivity index (χ4v) is 2.10. The van der Waals surface area contributed by atoms with Gasteiger partial charge in [0, 0.05) is 18.8 Å². The summed E-state index contributed by atoms with van der Waals surface area (Å²) in [4.78, 5) is 13.2. The van der Waals surface area contributed by atoms with Crippen LogP contribution in [0.3, 0.4) is 0 Å². The van der Waals surface area contributed by atoms with E-state index in [-0.39, 0.29) is 30.1 Å². The molecule has 144 valence electrons. The number of guanidine groups is 1. The van der Waals surface area contributed by atoms with Crippen molar-refractivity contribution in [3.63, 3.8) is 0 Å². The number of aliphatic imine (C=N–C) groups is 1. The Labute approximate surface area is 172 Å². The van der Waals surface area contributed by atoms with E-state index < -0.39 is 0 Å². The molecule has 0 aliphatic carbocycles. The van der Waals surface area contributed by atoms with Gasteiger partial charge in [-0.25, -0.2) is 15.0 Å². The van der Waals surface area contributed by atoms with E-state index in [9.17, 15) is 0 Å². The highest BCUT2D eigenvalue weighted by atomic mass is 127. The Morgan fingerprint density at radius 1 is 1.27 bits per heavy atom. The van der Waals surface area contributed by atoms with Crippen LogP contribution in [0.4, 0.5) is 0 Å². The fraction of sp³-hybridized carbons (Fsp3) is 0.500. The van der Waals surface area contributed by atoms with E-state index in [0.29, 0.717) is 30.8 Å². The molecule has 0 bridgehead atoms. The van der Waals surface area contributed by atoms with Crippen LogP contribution in [0.25, 0.3) is 0 Å². The molecule has 2 rings (SSSR count). The van der Waals surface area contributed by atoms with E-state index >= 15 is 0 Å². The van der Waals surface area contributed by atoms with Crippen molar-refractivity contribution in [1.82, 2.24) is 20.6 Å². The van der Waals surface area contributed by atoms with Gasteiger partial charge in [0.25, 0.3) is 0 Å². The van der Waals surface area contributed by atoms with Crippen LogP contribution in [0.2, 0.25) is 0 Å². The van der Waals surface area contributed by atoms with Crippen LogP contribution in [0.1, 0.15) is 43.7 Å². The summed E-state index contributed by atoms with van der Waals surface area (Å²) in [6.45, 7) is 11.6. The smallest absolute Gasteiger partial charge is 0.214 e. The molecule has 0 spiro atoms. The molecular formula is C18H28IN5O2. The lowest BCUT2D eigenvalue weighted by atomic mass is 10.3. The first-order valence-corrected chi connectivity index (χ1v) is 8.54. The zero-order valence-electron chi connectivity index (χ0n) is 16.0. The Morgan fingerprint density at radius 3 is 2.58 bits per heavy atom. The molecule has 0 saturated heterocycles. The molecule has 0 saturated carbocycles. The summed E-state index contributed by atoms with van der Waals surface area (Å²) < 4.78 is 11.1. The molecule has 2 heterocycles. The molecule has 0 aliphatic heterocycles. The molecule has 0 atom stereocenters. The van der Waals surface area contributed by atoms with Gasteiger partial charge in [0.1, 0.15) is 5.76 Å². The Kier molecular flexibility index (Phi) is 9.39. The van der Waals surface area contributed by atoms with Crippen LogP contribution in [0.5, 0.6) is 5.88 Å². The Hall–Kier alpha value is -1.84. The van der Waals surface area contributed by atoms with E-state index in [1.807, 2.05) is 46.8 Å². The third-order valence-electron chi connectivity index (χ3n) is 3.40. The third-order valence-corrected chi connectivity index (χ3v) is 3.40. The number of hydrogen-bond donors (Lipinski definition) is 2. The third kappa shape index (κ3) is 7.19. The van der Waals surface area contributed by atoms with Gasteiger partial charge in [0.15, 0.2) is 5.96 Å². The second kappa shape index (κ2) is 11.0. The van der Waals surface area contributed by atoms with Gasteiger partial charge in [-0.1, -0.05) is 6.07 Å². The van der Waals surface area contributed by atoms with Crippen molar-refractivity contribution < 1.29 is 9.15 Å². The fourth-order valence-electron chi connectivity index (χ4n) is 2.10. The lowest BCUT2D eigenvalue weighted by molar-refractivity contribution is 0.232. The quantitative estimate of drug-likeness (QED) is 0.365. The standard InChI is InChI=1S/C18H27N5O2.HI/c1-6-19-18(22-11-17-23-13(4)14(5)25-17)21-10-15-7-8-16(20-9-15)24-12(2)3;/h7-9,12H,6,10-11H2,1-5H3,(H2,19,21,22);1H. The highest BCUT2D eigenvalue weighted by Crippen LogP contribution is 2.10. The van der Waals surface area contributed by atoms with Gasteiger partial charge in [-0.2, -0.15) is 0 Å². The zero-order chi connectivity index (χ0) is 18.2. The van der Waals surface area contributed by atoms with E-state index in [1.54, 1.807) is 6.20 Å². The molecule has 8 heteroatoms. The van der Waals surface area contributed by atoms with Crippen LogP contribution < -0.4 is 15.4 Å². The van der Waals surface area contributed by atoms with Gasteiger partial charge >= 0.3 is 0 Å². The number of aryl methyl sites for hydroxylation is 2. The molecule has 0 fully saturated rings. The zero-order valence-corrected chi connectivity index (χ0v) is 18.3. The van der Waals surface area contributed by atoms with Gasteiger partial charge in [-0.15, -0.1) is 24.0 Å². The molecule has 2 aromatic rings. The predicted molar refractivity (Wildman–Crippen MR) is 113 cm³/mol. The van der Waals surface area contributed by atoms with Crippen molar-refractivity contribution in [3.05, 3.63) is 41.2 Å². The summed E-state index contributed by atoms with van der Waals surface area (Å²) in [7, 11) is 0. The number of hydrogen-bond acceptors (Lipinski definition) is 5. The summed E-state index contributed by atoms with van der Waals surface area (Å²) in [5.74, 6) is 2.83. The minimum Gasteiger partial charge on any atom is -0.475 e. The first-order chi connectivity index (χ1) is 12.0. The number of ether oxygens (including phenoxy) is 1. The van der Waals surface area contributed by atoms with Gasteiger partial charge in [-0.3, -0.25) is 0 Å². The lowest BCUT2D eigenvalue weighted by Crippen LogP contribution is -2.36. The minimum atomic E-state index is 0. The van der Waals surface area contributed by atoms with Crippen LogP contribution in [-0.2, 0) is 13.1 Å². The van der Waals surface area contributed by atoms with Gasteiger partial charge in [0.05, 0.1) is 24.9 Å². The number of nitrogens with one attached hydrogen (secondary N) is 2. The predicted octanol–water partition coefficient (Wildman–Crippen LogP) is 3.35. The van der Waals surface area contributed by atoms with Crippen molar-refractivity contribution >= 4 is 29.9 Å². The Balaban J connectivity index is 0.00000338. The maximum absolute atomic E-state index is 5.57. The number of rotatable bonds is 7. The summed E-state index contributed by atoms with van der Waals surface area (Å²) in [6.07, 6.45) is 1.90. The van der Waals surface area contributed by atoms with Crippen LogP contribution in [0.15, 0.2) is 27.7 Å². The number of halogens is 1. The first kappa shape index (κ1) is 22.2. The normalized spacial score (nSPS) is 11.2. The molecule has 2 aromatic heterocycles. The second-order valence-electron chi connectivity index (χ2n) is 5.97. The maximum atomic E-state index is 5.57. The van der Waals surface area contributed by atoms with Crippen LogP contribution in [-0.4, -0.2) is 28.6 Å².